The molecule has 2 rings (SSSR count). The average molecular weight is 293 g/mol. The van der Waals surface area contributed by atoms with E-state index in [-0.39, 0.29) is 24.3 Å². The monoisotopic (exact) mass is 293 g/mol. The van der Waals surface area contributed by atoms with Crippen LogP contribution in [0.5, 0.6) is 0 Å². The van der Waals surface area contributed by atoms with Crippen LogP contribution in [0, 0.1) is 12.8 Å². The molecule has 0 saturated carbocycles. The van der Waals surface area contributed by atoms with E-state index in [0.29, 0.717) is 19.6 Å². The van der Waals surface area contributed by atoms with E-state index < -0.39 is 0 Å². The van der Waals surface area contributed by atoms with Crippen molar-refractivity contribution in [1.82, 2.24) is 24.9 Å². The third-order valence-corrected chi connectivity index (χ3v) is 3.75. The zero-order valence-corrected chi connectivity index (χ0v) is 12.9. The number of nitrogens with zero attached hydrogens (tertiary/aromatic N) is 4. The minimum absolute atomic E-state index is 0.00213. The first-order chi connectivity index (χ1) is 9.99. The lowest BCUT2D eigenvalue weighted by atomic mass is 10.1. The van der Waals surface area contributed by atoms with Gasteiger partial charge in [-0.05, 0) is 19.5 Å². The van der Waals surface area contributed by atoms with Crippen molar-refractivity contribution >= 4 is 11.8 Å². The molecule has 1 N–H and O–H groups in total. The number of carbonyl (C=O) groups excluding carboxylic acids is 2. The molecule has 0 aliphatic carbocycles. The number of amides is 2. The van der Waals surface area contributed by atoms with Crippen LogP contribution >= 0.6 is 0 Å². The van der Waals surface area contributed by atoms with Gasteiger partial charge in [-0.25, -0.2) is 0 Å². The van der Waals surface area contributed by atoms with Crippen LogP contribution in [0.15, 0.2) is 12.4 Å². The summed E-state index contributed by atoms with van der Waals surface area (Å²) < 4.78 is 1.64. The first kappa shape index (κ1) is 15.5. The van der Waals surface area contributed by atoms with E-state index in [9.17, 15) is 9.59 Å². The normalized spacial score (nSPS) is 20.1. The van der Waals surface area contributed by atoms with E-state index in [4.69, 9.17) is 0 Å². The highest BCUT2D eigenvalue weighted by Crippen LogP contribution is 2.10. The topological polar surface area (TPSA) is 70.5 Å². The molecule has 7 heteroatoms. The van der Waals surface area contributed by atoms with Crippen LogP contribution in [0.1, 0.15) is 5.56 Å². The van der Waals surface area contributed by atoms with Gasteiger partial charge in [-0.1, -0.05) is 0 Å². The Balaban J connectivity index is 2.03. The molecule has 1 aliphatic rings. The van der Waals surface area contributed by atoms with E-state index in [2.05, 4.69) is 15.3 Å². The van der Waals surface area contributed by atoms with E-state index in [1.54, 1.807) is 22.8 Å². The van der Waals surface area contributed by atoms with E-state index in [1.807, 2.05) is 20.2 Å². The maximum atomic E-state index is 12.4. The van der Waals surface area contributed by atoms with Crippen LogP contribution in [-0.2, 0) is 16.1 Å². The van der Waals surface area contributed by atoms with Crippen molar-refractivity contribution in [2.24, 2.45) is 5.92 Å². The molecule has 2 amide bonds. The fourth-order valence-electron chi connectivity index (χ4n) is 2.56. The predicted octanol–water partition coefficient (Wildman–Crippen LogP) is -0.672. The Morgan fingerprint density at radius 1 is 1.38 bits per heavy atom. The van der Waals surface area contributed by atoms with Gasteiger partial charge in [-0.3, -0.25) is 14.3 Å². The summed E-state index contributed by atoms with van der Waals surface area (Å²) in [6, 6.07) is 0. The van der Waals surface area contributed by atoms with Crippen molar-refractivity contribution in [1.29, 1.82) is 0 Å². The van der Waals surface area contributed by atoms with Crippen molar-refractivity contribution in [3.8, 4) is 0 Å². The van der Waals surface area contributed by atoms with E-state index in [1.165, 1.54) is 0 Å². The second kappa shape index (κ2) is 6.71. The summed E-state index contributed by atoms with van der Waals surface area (Å²) >= 11 is 0. The van der Waals surface area contributed by atoms with Crippen molar-refractivity contribution < 1.29 is 9.59 Å². The van der Waals surface area contributed by atoms with Crippen LogP contribution < -0.4 is 5.32 Å². The quantitative estimate of drug-likeness (QED) is 0.802. The van der Waals surface area contributed by atoms with Crippen LogP contribution in [-0.4, -0.2) is 71.7 Å². The molecule has 0 spiro atoms. The summed E-state index contributed by atoms with van der Waals surface area (Å²) in [5.41, 5.74) is 1.03. The molecule has 1 fully saturated rings. The van der Waals surface area contributed by atoms with Gasteiger partial charge in [-0.2, -0.15) is 5.10 Å². The van der Waals surface area contributed by atoms with E-state index >= 15 is 0 Å². The zero-order chi connectivity index (χ0) is 15.4. The molecule has 1 aromatic heterocycles. The van der Waals surface area contributed by atoms with Gasteiger partial charge in [0.2, 0.25) is 11.8 Å². The second-order valence-electron chi connectivity index (χ2n) is 5.63. The van der Waals surface area contributed by atoms with Crippen molar-refractivity contribution in [2.75, 3.05) is 40.3 Å². The van der Waals surface area contributed by atoms with E-state index in [0.717, 1.165) is 12.1 Å². The van der Waals surface area contributed by atoms with Gasteiger partial charge in [0, 0.05) is 39.4 Å². The van der Waals surface area contributed by atoms with Gasteiger partial charge in [0.1, 0.15) is 6.54 Å². The molecule has 21 heavy (non-hydrogen) atoms. The molecule has 1 saturated heterocycles. The average Bonchev–Trinajstić information content (AvgIpc) is 2.74. The number of nitrogens with one attached hydrogen (secondary N) is 1. The summed E-state index contributed by atoms with van der Waals surface area (Å²) in [4.78, 5) is 28.2. The molecular formula is C14H23N5O2. The lowest BCUT2D eigenvalue weighted by Gasteiger charge is -2.23. The SMILES string of the molecule is CNC(=O)C1CN(C)CCN(C(=O)Cn2cc(C)cn2)C1. The Bertz CT molecular complexity index is 513. The third-order valence-electron chi connectivity index (χ3n) is 3.75. The molecule has 2 heterocycles. The second-order valence-corrected chi connectivity index (χ2v) is 5.63. The number of likely N-dealkylation sites (N-methyl/N-ethyl adjacent to an activating group) is 1. The minimum Gasteiger partial charge on any atom is -0.359 e. The van der Waals surface area contributed by atoms with Crippen molar-refractivity contribution in [3.63, 3.8) is 0 Å². The smallest absolute Gasteiger partial charge is 0.244 e. The van der Waals surface area contributed by atoms with Gasteiger partial charge >= 0.3 is 0 Å². The first-order valence-corrected chi connectivity index (χ1v) is 7.16. The summed E-state index contributed by atoms with van der Waals surface area (Å²) in [5.74, 6) is -0.204. The predicted molar refractivity (Wildman–Crippen MR) is 78.6 cm³/mol. The number of hydrogen-bond donors (Lipinski definition) is 1. The van der Waals surface area contributed by atoms with Gasteiger partial charge in [0.15, 0.2) is 0 Å². The molecule has 0 bridgehead atoms. The van der Waals surface area contributed by atoms with Crippen LogP contribution in [0.2, 0.25) is 0 Å². The highest BCUT2D eigenvalue weighted by atomic mass is 16.2. The number of hydrogen-bond acceptors (Lipinski definition) is 4. The Morgan fingerprint density at radius 3 is 2.76 bits per heavy atom. The fraction of sp³-hybridized carbons (Fsp3) is 0.643. The third kappa shape index (κ3) is 4.04. The molecule has 7 nitrogen and oxygen atoms in total. The van der Waals surface area contributed by atoms with Crippen molar-refractivity contribution in [2.45, 2.75) is 13.5 Å². The molecule has 116 valence electrons. The van der Waals surface area contributed by atoms with Gasteiger partial charge in [0.05, 0.1) is 12.1 Å². The first-order valence-electron chi connectivity index (χ1n) is 7.16. The maximum Gasteiger partial charge on any atom is 0.244 e. The van der Waals surface area contributed by atoms with Crippen LogP contribution in [0.25, 0.3) is 0 Å². The molecule has 1 aliphatic heterocycles. The van der Waals surface area contributed by atoms with Gasteiger partial charge < -0.3 is 15.1 Å². The lowest BCUT2D eigenvalue weighted by molar-refractivity contribution is -0.133. The zero-order valence-electron chi connectivity index (χ0n) is 12.9. The largest absolute Gasteiger partial charge is 0.359 e. The number of carbonyl (C=O) groups is 2. The summed E-state index contributed by atoms with van der Waals surface area (Å²) in [6.07, 6.45) is 3.58. The maximum absolute atomic E-state index is 12.4. The number of aromatic nitrogens is 2. The Labute approximate surface area is 124 Å². The Morgan fingerprint density at radius 2 is 2.14 bits per heavy atom. The number of aryl methyl sites for hydroxylation is 1. The molecule has 0 aromatic carbocycles. The Kier molecular flexibility index (Phi) is 4.95. The standard InChI is InChI=1S/C14H23N5O2/c1-11-6-16-19(7-11)10-13(20)18-5-4-17(3)8-12(9-18)14(21)15-2/h6-7,12H,4-5,8-10H2,1-3H3,(H,15,21). The number of rotatable bonds is 3. The molecule has 0 radical (unpaired) electrons. The lowest BCUT2D eigenvalue weighted by Crippen LogP contribution is -2.42. The molecule has 1 unspecified atom stereocenters. The Hall–Kier alpha value is -1.89. The van der Waals surface area contributed by atoms with Crippen LogP contribution in [0.4, 0.5) is 0 Å². The summed E-state index contributed by atoms with van der Waals surface area (Å²) in [6.45, 7) is 4.71. The fourth-order valence-corrected chi connectivity index (χ4v) is 2.56. The molecule has 1 atom stereocenters. The highest BCUT2D eigenvalue weighted by molar-refractivity contribution is 5.81. The summed E-state index contributed by atoms with van der Waals surface area (Å²) in [5, 5.41) is 6.81. The summed E-state index contributed by atoms with van der Waals surface area (Å²) in [7, 11) is 3.60. The molecule has 1 aromatic rings. The molecular weight excluding hydrogens is 270 g/mol. The van der Waals surface area contributed by atoms with Crippen molar-refractivity contribution in [3.05, 3.63) is 18.0 Å². The highest BCUT2D eigenvalue weighted by Gasteiger charge is 2.28. The van der Waals surface area contributed by atoms with Gasteiger partial charge in [-0.15, -0.1) is 0 Å². The minimum atomic E-state index is -0.189. The van der Waals surface area contributed by atoms with Crippen LogP contribution in [0.3, 0.4) is 0 Å². The van der Waals surface area contributed by atoms with Gasteiger partial charge in [0.25, 0.3) is 0 Å².